The summed E-state index contributed by atoms with van der Waals surface area (Å²) in [5, 5.41) is 5.05. The van der Waals surface area contributed by atoms with Crippen LogP contribution in [0.15, 0.2) is 18.2 Å². The van der Waals surface area contributed by atoms with Crippen molar-refractivity contribution in [1.82, 2.24) is 10.2 Å². The second-order valence-corrected chi connectivity index (χ2v) is 6.49. The molecule has 2 atom stereocenters. The third kappa shape index (κ3) is 4.36. The lowest BCUT2D eigenvalue weighted by molar-refractivity contribution is 0.138. The topological polar surface area (TPSA) is 15.3 Å². The predicted molar refractivity (Wildman–Crippen MR) is 87.9 cm³/mol. The minimum Gasteiger partial charge on any atom is -0.314 e. The van der Waals surface area contributed by atoms with Gasteiger partial charge >= 0.3 is 0 Å². The van der Waals surface area contributed by atoms with Crippen LogP contribution < -0.4 is 5.32 Å². The summed E-state index contributed by atoms with van der Waals surface area (Å²) in [6.07, 6.45) is 3.47. The minimum absolute atomic E-state index is 0.638. The number of piperidine rings is 1. The number of halogens is 2. The van der Waals surface area contributed by atoms with E-state index in [0.29, 0.717) is 17.1 Å². The van der Waals surface area contributed by atoms with Crippen LogP contribution in [-0.4, -0.2) is 36.6 Å². The molecule has 0 bridgehead atoms. The Morgan fingerprint density at radius 3 is 2.80 bits per heavy atom. The highest BCUT2D eigenvalue weighted by Crippen LogP contribution is 2.23. The van der Waals surface area contributed by atoms with E-state index in [1.807, 2.05) is 18.2 Å². The van der Waals surface area contributed by atoms with Crippen LogP contribution in [0.4, 0.5) is 0 Å². The van der Waals surface area contributed by atoms with Crippen molar-refractivity contribution < 1.29 is 0 Å². The number of benzene rings is 1. The van der Waals surface area contributed by atoms with Crippen LogP contribution in [0.5, 0.6) is 0 Å². The summed E-state index contributed by atoms with van der Waals surface area (Å²) < 4.78 is 0. The van der Waals surface area contributed by atoms with Gasteiger partial charge in [-0.3, -0.25) is 0 Å². The van der Waals surface area contributed by atoms with E-state index >= 15 is 0 Å². The van der Waals surface area contributed by atoms with Crippen LogP contribution in [-0.2, 0) is 6.42 Å². The van der Waals surface area contributed by atoms with Gasteiger partial charge in [0.1, 0.15) is 0 Å². The van der Waals surface area contributed by atoms with Gasteiger partial charge < -0.3 is 10.2 Å². The van der Waals surface area contributed by atoms with Gasteiger partial charge in [0.15, 0.2) is 0 Å². The monoisotopic (exact) mass is 314 g/mol. The zero-order valence-corrected chi connectivity index (χ0v) is 13.8. The van der Waals surface area contributed by atoms with Gasteiger partial charge in [-0.25, -0.2) is 0 Å². The molecule has 1 aromatic carbocycles. The Labute approximate surface area is 132 Å². The molecule has 4 heteroatoms. The Kier molecular flexibility index (Phi) is 6.16. The maximum absolute atomic E-state index is 6.24. The van der Waals surface area contributed by atoms with Gasteiger partial charge in [-0.1, -0.05) is 36.2 Å². The lowest BCUT2D eigenvalue weighted by atomic mass is 9.97. The van der Waals surface area contributed by atoms with Gasteiger partial charge in [0.2, 0.25) is 0 Å². The van der Waals surface area contributed by atoms with Crippen LogP contribution >= 0.6 is 23.2 Å². The van der Waals surface area contributed by atoms with E-state index in [1.54, 1.807) is 0 Å². The average Bonchev–Trinajstić information content (AvgIpc) is 2.40. The minimum atomic E-state index is 0.638. The van der Waals surface area contributed by atoms with Crippen molar-refractivity contribution >= 4 is 23.2 Å². The molecule has 2 unspecified atom stereocenters. The first-order valence-corrected chi connectivity index (χ1v) is 8.27. The van der Waals surface area contributed by atoms with Crippen molar-refractivity contribution in [3.8, 4) is 0 Å². The van der Waals surface area contributed by atoms with Crippen molar-refractivity contribution in [2.75, 3.05) is 19.6 Å². The maximum Gasteiger partial charge on any atom is 0.0453 e. The lowest BCUT2D eigenvalue weighted by Gasteiger charge is -2.38. The number of nitrogens with one attached hydrogen (secondary N) is 1. The van der Waals surface area contributed by atoms with Crippen LogP contribution in [0, 0.1) is 0 Å². The Bertz CT molecular complexity index is 436. The first kappa shape index (κ1) is 16.1. The molecule has 1 aliphatic rings. The molecule has 0 spiro atoms. The van der Waals surface area contributed by atoms with Gasteiger partial charge in [-0.2, -0.15) is 0 Å². The maximum atomic E-state index is 6.24. The van der Waals surface area contributed by atoms with Gasteiger partial charge in [0, 0.05) is 28.7 Å². The molecule has 1 aromatic rings. The smallest absolute Gasteiger partial charge is 0.0453 e. The molecule has 1 saturated heterocycles. The number of hydrogen-bond acceptors (Lipinski definition) is 2. The molecule has 112 valence electrons. The first-order valence-electron chi connectivity index (χ1n) is 7.51. The average molecular weight is 315 g/mol. The first-order chi connectivity index (χ1) is 9.60. The van der Waals surface area contributed by atoms with Gasteiger partial charge in [-0.05, 0) is 57.0 Å². The summed E-state index contributed by atoms with van der Waals surface area (Å²) in [6.45, 7) is 7.82. The van der Waals surface area contributed by atoms with E-state index in [-0.39, 0.29) is 0 Å². The molecule has 2 nitrogen and oxygen atoms in total. The Morgan fingerprint density at radius 2 is 2.15 bits per heavy atom. The number of hydrogen-bond donors (Lipinski definition) is 1. The van der Waals surface area contributed by atoms with Crippen molar-refractivity contribution in [2.45, 2.75) is 45.2 Å². The largest absolute Gasteiger partial charge is 0.314 e. The fourth-order valence-electron chi connectivity index (χ4n) is 3.02. The molecule has 2 rings (SSSR count). The SMILES string of the molecule is CCNC1CCN(CCc2ccc(Cl)cc2Cl)C(C)C1. The number of rotatable bonds is 5. The van der Waals surface area contributed by atoms with E-state index in [9.17, 15) is 0 Å². The van der Waals surface area contributed by atoms with E-state index < -0.39 is 0 Å². The Balaban J connectivity index is 1.85. The zero-order valence-electron chi connectivity index (χ0n) is 12.3. The number of likely N-dealkylation sites (tertiary alicyclic amines) is 1. The molecule has 0 aliphatic carbocycles. The van der Waals surface area contributed by atoms with Crippen molar-refractivity contribution in [1.29, 1.82) is 0 Å². The number of nitrogens with zero attached hydrogens (tertiary/aromatic N) is 1. The molecule has 1 N–H and O–H groups in total. The third-order valence-electron chi connectivity index (χ3n) is 4.19. The molecular formula is C16H24Cl2N2. The molecule has 0 amide bonds. The molecule has 1 heterocycles. The molecule has 0 saturated carbocycles. The molecular weight excluding hydrogens is 291 g/mol. The van der Waals surface area contributed by atoms with E-state index in [1.165, 1.54) is 24.9 Å². The molecule has 20 heavy (non-hydrogen) atoms. The van der Waals surface area contributed by atoms with E-state index in [2.05, 4.69) is 24.1 Å². The van der Waals surface area contributed by atoms with Crippen LogP contribution in [0.3, 0.4) is 0 Å². The van der Waals surface area contributed by atoms with Crippen molar-refractivity contribution in [3.05, 3.63) is 33.8 Å². The van der Waals surface area contributed by atoms with Crippen LogP contribution in [0.1, 0.15) is 32.3 Å². The highest BCUT2D eigenvalue weighted by molar-refractivity contribution is 6.35. The van der Waals surface area contributed by atoms with Crippen LogP contribution in [0.2, 0.25) is 10.0 Å². The fourth-order valence-corrected chi connectivity index (χ4v) is 3.52. The second kappa shape index (κ2) is 7.65. The van der Waals surface area contributed by atoms with Gasteiger partial charge in [-0.15, -0.1) is 0 Å². The molecule has 0 aromatic heterocycles. The summed E-state index contributed by atoms with van der Waals surface area (Å²) in [7, 11) is 0. The predicted octanol–water partition coefficient (Wildman–Crippen LogP) is 4.00. The summed E-state index contributed by atoms with van der Waals surface area (Å²) >= 11 is 12.2. The summed E-state index contributed by atoms with van der Waals surface area (Å²) in [5.41, 5.74) is 1.19. The zero-order chi connectivity index (χ0) is 14.5. The fraction of sp³-hybridized carbons (Fsp3) is 0.625. The normalized spacial score (nSPS) is 24.0. The summed E-state index contributed by atoms with van der Waals surface area (Å²) in [5.74, 6) is 0. The van der Waals surface area contributed by atoms with Gasteiger partial charge in [0.05, 0.1) is 0 Å². The molecule has 0 radical (unpaired) electrons. The highest BCUT2D eigenvalue weighted by Gasteiger charge is 2.24. The van der Waals surface area contributed by atoms with E-state index in [0.717, 1.165) is 24.5 Å². The summed E-state index contributed by atoms with van der Waals surface area (Å²) in [6, 6.07) is 7.12. The lowest BCUT2D eigenvalue weighted by Crippen LogP contribution is -2.47. The Hall–Kier alpha value is -0.280. The molecule has 1 aliphatic heterocycles. The van der Waals surface area contributed by atoms with Crippen LogP contribution in [0.25, 0.3) is 0 Å². The van der Waals surface area contributed by atoms with Gasteiger partial charge in [0.25, 0.3) is 0 Å². The second-order valence-electron chi connectivity index (χ2n) is 5.65. The third-order valence-corrected chi connectivity index (χ3v) is 4.78. The quantitative estimate of drug-likeness (QED) is 0.883. The van der Waals surface area contributed by atoms with Crippen molar-refractivity contribution in [2.24, 2.45) is 0 Å². The Morgan fingerprint density at radius 1 is 1.35 bits per heavy atom. The van der Waals surface area contributed by atoms with E-state index in [4.69, 9.17) is 23.2 Å². The van der Waals surface area contributed by atoms with Crippen molar-refractivity contribution in [3.63, 3.8) is 0 Å². The molecule has 1 fully saturated rings. The summed E-state index contributed by atoms with van der Waals surface area (Å²) in [4.78, 5) is 2.57. The highest BCUT2D eigenvalue weighted by atomic mass is 35.5. The standard InChI is InChI=1S/C16H24Cl2N2/c1-3-19-15-7-9-20(12(2)10-15)8-6-13-4-5-14(17)11-16(13)18/h4-5,11-12,15,19H,3,6-10H2,1-2H3.